The number of unbranched alkanes of at least 4 members (excludes halogenated alkanes) is 1. The minimum absolute atomic E-state index is 0. The molecule has 0 fully saturated rings. The molecular weight excluding hydrogens is 375 g/mol. The van der Waals surface area contributed by atoms with E-state index in [1.807, 2.05) is 7.05 Å². The van der Waals surface area contributed by atoms with Crippen LogP contribution in [-0.4, -0.2) is 38.5 Å². The van der Waals surface area contributed by atoms with Gasteiger partial charge in [-0.05, 0) is 31.6 Å². The topological polar surface area (TPSA) is 39.7 Å². The first-order valence-electron chi connectivity index (χ1n) is 7.32. The molecule has 1 rings (SSSR count). The number of rotatable bonds is 7. The molecule has 0 amide bonds. The molecule has 5 heteroatoms. The Kier molecular flexibility index (Phi) is 11.3. The van der Waals surface area contributed by atoms with E-state index in [9.17, 15) is 0 Å². The summed E-state index contributed by atoms with van der Waals surface area (Å²) in [5.74, 6) is 0.871. The fourth-order valence-corrected chi connectivity index (χ4v) is 1.92. The Morgan fingerprint density at radius 3 is 2.24 bits per heavy atom. The number of hydrogen-bond acceptors (Lipinski definition) is 2. The molecule has 0 aliphatic rings. The van der Waals surface area contributed by atoms with Crippen LogP contribution in [-0.2, 0) is 13.1 Å². The van der Waals surface area contributed by atoms with Crippen LogP contribution in [0.15, 0.2) is 29.3 Å². The first-order valence-corrected chi connectivity index (χ1v) is 7.32. The van der Waals surface area contributed by atoms with Gasteiger partial charge in [-0.2, -0.15) is 0 Å². The number of hydrogen-bond donors (Lipinski definition) is 2. The fourth-order valence-electron chi connectivity index (χ4n) is 1.92. The molecule has 120 valence electrons. The van der Waals surface area contributed by atoms with Crippen LogP contribution in [0.5, 0.6) is 0 Å². The highest BCUT2D eigenvalue weighted by Gasteiger charge is 1.99. The lowest BCUT2D eigenvalue weighted by Gasteiger charge is -2.13. The van der Waals surface area contributed by atoms with Crippen molar-refractivity contribution in [2.75, 3.05) is 27.7 Å². The quantitative estimate of drug-likeness (QED) is 0.318. The van der Waals surface area contributed by atoms with Crippen LogP contribution in [0.1, 0.15) is 30.9 Å². The molecule has 0 saturated heterocycles. The molecule has 0 aliphatic heterocycles. The summed E-state index contributed by atoms with van der Waals surface area (Å²) in [5, 5.41) is 6.64. The van der Waals surface area contributed by atoms with Crippen molar-refractivity contribution in [3.63, 3.8) is 0 Å². The number of nitrogens with zero attached hydrogens (tertiary/aromatic N) is 2. The van der Waals surface area contributed by atoms with Gasteiger partial charge in [0.05, 0.1) is 0 Å². The van der Waals surface area contributed by atoms with Gasteiger partial charge in [0.2, 0.25) is 0 Å². The molecule has 0 radical (unpaired) electrons. The van der Waals surface area contributed by atoms with Crippen molar-refractivity contribution in [1.82, 2.24) is 15.5 Å². The van der Waals surface area contributed by atoms with Crippen molar-refractivity contribution in [3.8, 4) is 0 Å². The standard InChI is InChI=1S/C16H28N4.HI/c1-5-6-11-18-16(17-2)19-12-14-7-9-15(10-8-14)13-20(3)4;/h7-10H,5-6,11-13H2,1-4H3,(H2,17,18,19);1H. The average Bonchev–Trinajstić information content (AvgIpc) is 2.43. The van der Waals surface area contributed by atoms with Crippen molar-refractivity contribution < 1.29 is 0 Å². The summed E-state index contributed by atoms with van der Waals surface area (Å²) < 4.78 is 0. The summed E-state index contributed by atoms with van der Waals surface area (Å²) in [6.07, 6.45) is 2.36. The van der Waals surface area contributed by atoms with Gasteiger partial charge in [0.15, 0.2) is 5.96 Å². The van der Waals surface area contributed by atoms with Crippen LogP contribution in [0.25, 0.3) is 0 Å². The molecule has 0 bridgehead atoms. The number of guanidine groups is 1. The molecule has 0 heterocycles. The second kappa shape index (κ2) is 11.8. The molecule has 21 heavy (non-hydrogen) atoms. The molecule has 2 N–H and O–H groups in total. The van der Waals surface area contributed by atoms with E-state index < -0.39 is 0 Å². The second-order valence-corrected chi connectivity index (χ2v) is 5.26. The Hall–Kier alpha value is -0.820. The molecule has 0 atom stereocenters. The predicted molar refractivity (Wildman–Crippen MR) is 102 cm³/mol. The van der Waals surface area contributed by atoms with Gasteiger partial charge in [-0.3, -0.25) is 4.99 Å². The van der Waals surface area contributed by atoms with E-state index in [1.54, 1.807) is 0 Å². The van der Waals surface area contributed by atoms with Gasteiger partial charge in [0.25, 0.3) is 0 Å². The zero-order valence-electron chi connectivity index (χ0n) is 13.6. The van der Waals surface area contributed by atoms with Crippen LogP contribution in [0, 0.1) is 0 Å². The fraction of sp³-hybridized carbons (Fsp3) is 0.562. The Balaban J connectivity index is 0.00000400. The van der Waals surface area contributed by atoms with Crippen LogP contribution >= 0.6 is 24.0 Å². The molecule has 0 aromatic heterocycles. The van der Waals surface area contributed by atoms with E-state index in [1.165, 1.54) is 24.0 Å². The van der Waals surface area contributed by atoms with Gasteiger partial charge in [-0.15, -0.1) is 24.0 Å². The lowest BCUT2D eigenvalue weighted by Crippen LogP contribution is -2.37. The smallest absolute Gasteiger partial charge is 0.191 e. The van der Waals surface area contributed by atoms with E-state index in [4.69, 9.17) is 0 Å². The maximum atomic E-state index is 4.22. The summed E-state index contributed by atoms with van der Waals surface area (Å²) in [4.78, 5) is 6.39. The predicted octanol–water partition coefficient (Wildman–Crippen LogP) is 2.83. The van der Waals surface area contributed by atoms with Gasteiger partial charge in [-0.25, -0.2) is 0 Å². The average molecular weight is 404 g/mol. The number of benzene rings is 1. The number of aliphatic imine (C=N–C) groups is 1. The minimum Gasteiger partial charge on any atom is -0.356 e. The molecule has 0 saturated carbocycles. The first-order chi connectivity index (χ1) is 9.65. The Morgan fingerprint density at radius 1 is 1.10 bits per heavy atom. The molecule has 1 aromatic rings. The molecular formula is C16H29IN4. The maximum absolute atomic E-state index is 4.22. The molecule has 0 unspecified atom stereocenters. The Morgan fingerprint density at radius 2 is 1.71 bits per heavy atom. The van der Waals surface area contributed by atoms with Crippen molar-refractivity contribution in [1.29, 1.82) is 0 Å². The zero-order chi connectivity index (χ0) is 14.8. The second-order valence-electron chi connectivity index (χ2n) is 5.26. The third-order valence-electron chi connectivity index (χ3n) is 3.03. The molecule has 4 nitrogen and oxygen atoms in total. The Bertz CT molecular complexity index is 401. The third-order valence-corrected chi connectivity index (χ3v) is 3.03. The van der Waals surface area contributed by atoms with Crippen molar-refractivity contribution >= 4 is 29.9 Å². The summed E-state index contributed by atoms with van der Waals surface area (Å²) in [6.45, 7) is 4.94. The Labute approximate surface area is 146 Å². The molecule has 0 aliphatic carbocycles. The van der Waals surface area contributed by atoms with Gasteiger partial charge < -0.3 is 15.5 Å². The summed E-state index contributed by atoms with van der Waals surface area (Å²) >= 11 is 0. The zero-order valence-corrected chi connectivity index (χ0v) is 16.0. The third kappa shape index (κ3) is 8.93. The SMILES string of the molecule is CCCCNC(=NC)NCc1ccc(CN(C)C)cc1.I. The van der Waals surface area contributed by atoms with Gasteiger partial charge in [-0.1, -0.05) is 37.6 Å². The summed E-state index contributed by atoms with van der Waals surface area (Å²) in [7, 11) is 5.98. The lowest BCUT2D eigenvalue weighted by molar-refractivity contribution is 0.402. The number of halogens is 1. The molecule has 0 spiro atoms. The first kappa shape index (κ1) is 20.2. The van der Waals surface area contributed by atoms with E-state index in [-0.39, 0.29) is 24.0 Å². The highest BCUT2D eigenvalue weighted by Crippen LogP contribution is 2.05. The lowest BCUT2D eigenvalue weighted by atomic mass is 10.1. The summed E-state index contributed by atoms with van der Waals surface area (Å²) in [5.41, 5.74) is 2.61. The minimum atomic E-state index is 0. The normalized spacial score (nSPS) is 11.2. The maximum Gasteiger partial charge on any atom is 0.191 e. The van der Waals surface area contributed by atoms with Crippen molar-refractivity contribution in [2.24, 2.45) is 4.99 Å². The van der Waals surface area contributed by atoms with E-state index in [0.717, 1.165) is 25.6 Å². The van der Waals surface area contributed by atoms with Crippen molar-refractivity contribution in [3.05, 3.63) is 35.4 Å². The van der Waals surface area contributed by atoms with Gasteiger partial charge in [0.1, 0.15) is 0 Å². The molecule has 1 aromatic carbocycles. The van der Waals surface area contributed by atoms with E-state index >= 15 is 0 Å². The number of nitrogens with one attached hydrogen (secondary N) is 2. The van der Waals surface area contributed by atoms with Crippen LogP contribution in [0.2, 0.25) is 0 Å². The highest BCUT2D eigenvalue weighted by molar-refractivity contribution is 14.0. The van der Waals surface area contributed by atoms with E-state index in [0.29, 0.717) is 0 Å². The van der Waals surface area contributed by atoms with Crippen LogP contribution < -0.4 is 10.6 Å². The van der Waals surface area contributed by atoms with Crippen LogP contribution in [0.3, 0.4) is 0 Å². The van der Waals surface area contributed by atoms with Crippen LogP contribution in [0.4, 0.5) is 0 Å². The van der Waals surface area contributed by atoms with Crippen molar-refractivity contribution in [2.45, 2.75) is 32.9 Å². The largest absolute Gasteiger partial charge is 0.356 e. The summed E-state index contributed by atoms with van der Waals surface area (Å²) in [6, 6.07) is 8.71. The van der Waals surface area contributed by atoms with Gasteiger partial charge in [0, 0.05) is 26.7 Å². The monoisotopic (exact) mass is 404 g/mol. The van der Waals surface area contributed by atoms with Gasteiger partial charge >= 0.3 is 0 Å². The van der Waals surface area contributed by atoms with E-state index in [2.05, 4.69) is 65.8 Å². The highest BCUT2D eigenvalue weighted by atomic mass is 127.